The molecule has 12 N–H and O–H groups in total. The van der Waals surface area contributed by atoms with Crippen LogP contribution in [0.5, 0.6) is 11.5 Å². The van der Waals surface area contributed by atoms with E-state index in [4.69, 9.17) is 11.5 Å². The number of urea groups is 1. The van der Waals surface area contributed by atoms with Crippen molar-refractivity contribution in [1.29, 1.82) is 0 Å². The number of fused-ring (bicyclic) bond motifs is 2. The number of aromatic hydroxyl groups is 2. The summed E-state index contributed by atoms with van der Waals surface area (Å²) in [5.41, 5.74) is 9.80. The summed E-state index contributed by atoms with van der Waals surface area (Å²) in [6.45, 7) is 0. The van der Waals surface area contributed by atoms with Gasteiger partial charge in [0.05, 0.1) is 54.7 Å². The first-order valence-electron chi connectivity index (χ1n) is 16.0. The number of nitrogens with zero attached hydrogens (tertiary/aromatic N) is 4. The number of carbonyl (C=O) groups excluding carboxylic acids is 1. The van der Waals surface area contributed by atoms with Crippen LogP contribution in [0, 0.1) is 0 Å². The zero-order valence-corrected chi connectivity index (χ0v) is 32.8. The van der Waals surface area contributed by atoms with Crippen LogP contribution in [0.3, 0.4) is 0 Å². The Bertz CT molecular complexity index is 3120. The summed E-state index contributed by atoms with van der Waals surface area (Å²) in [6, 6.07) is 13.2. The molecule has 0 aliphatic rings. The molecule has 0 aliphatic heterocycles. The summed E-state index contributed by atoms with van der Waals surface area (Å²) in [7, 11) is -19.7. The Morgan fingerprint density at radius 1 is 0.483 bits per heavy atom. The number of nitrogens with two attached hydrogens (primary N) is 2. The number of azo groups is 2. The van der Waals surface area contributed by atoms with Crippen molar-refractivity contribution in [3.05, 3.63) is 84.9 Å². The Hall–Kier alpha value is -6.85. The number of hydrogen-bond acceptors (Lipinski definition) is 17. The maximum Gasteiger partial charge on any atom is 0.323 e. The molecule has 6 aromatic carbocycles. The first-order chi connectivity index (χ1) is 27.8. The number of nitrogen functional groups attached to an aromatic ring is 2. The minimum absolute atomic E-state index is 0.0690. The number of amides is 2. The van der Waals surface area contributed by atoms with Crippen molar-refractivity contribution < 1.29 is 66.9 Å². The van der Waals surface area contributed by atoms with Crippen LogP contribution in [0.15, 0.2) is 125 Å². The molecule has 0 heterocycles. The first-order valence-corrected chi connectivity index (χ1v) is 21.8. The summed E-state index contributed by atoms with van der Waals surface area (Å²) in [6.07, 6.45) is 0. The fourth-order valence-corrected chi connectivity index (χ4v) is 8.02. The molecule has 23 nitrogen and oxygen atoms in total. The van der Waals surface area contributed by atoms with Gasteiger partial charge >= 0.3 is 6.03 Å². The van der Waals surface area contributed by atoms with Gasteiger partial charge in [-0.25, -0.2) is 4.79 Å². The van der Waals surface area contributed by atoms with E-state index in [0.717, 1.165) is 60.7 Å². The number of hydrogen-bond donors (Lipinski definition) is 10. The summed E-state index contributed by atoms with van der Waals surface area (Å²) in [5, 5.41) is 40.9. The Labute approximate surface area is 337 Å². The number of carbonyl (C=O) groups is 1. The molecule has 0 unspecified atom stereocenters. The third-order valence-electron chi connectivity index (χ3n) is 8.26. The lowest BCUT2D eigenvalue weighted by Crippen LogP contribution is -2.22. The largest absolute Gasteiger partial charge is 0.507 e. The Morgan fingerprint density at radius 3 is 1.18 bits per heavy atom. The van der Waals surface area contributed by atoms with E-state index in [9.17, 15) is 66.9 Å². The first kappa shape index (κ1) is 42.7. The van der Waals surface area contributed by atoms with E-state index in [2.05, 4.69) is 31.1 Å². The summed E-state index contributed by atoms with van der Waals surface area (Å²) < 4.78 is 135. The van der Waals surface area contributed by atoms with Crippen molar-refractivity contribution in [3.8, 4) is 11.5 Å². The molecule has 0 saturated heterocycles. The molecule has 60 heavy (non-hydrogen) atoms. The predicted octanol–water partition coefficient (Wildman–Crippen LogP) is 6.03. The van der Waals surface area contributed by atoms with Crippen LogP contribution >= 0.6 is 0 Å². The molecule has 0 spiro atoms. The average molecular weight is 903 g/mol. The highest BCUT2D eigenvalue weighted by molar-refractivity contribution is 7.86. The highest BCUT2D eigenvalue weighted by Gasteiger charge is 2.23. The number of anilines is 4. The van der Waals surface area contributed by atoms with Crippen LogP contribution in [0.25, 0.3) is 21.5 Å². The van der Waals surface area contributed by atoms with Crippen LogP contribution in [0.2, 0.25) is 0 Å². The molecule has 0 aromatic heterocycles. The van der Waals surface area contributed by atoms with Crippen molar-refractivity contribution in [2.24, 2.45) is 20.5 Å². The highest BCUT2D eigenvalue weighted by atomic mass is 32.2. The molecular weight excluding hydrogens is 877 g/mol. The number of nitrogens with one attached hydrogen (secondary N) is 2. The Kier molecular flexibility index (Phi) is 11.0. The van der Waals surface area contributed by atoms with Gasteiger partial charge in [-0.05, 0) is 71.4 Å². The van der Waals surface area contributed by atoms with Crippen LogP contribution in [-0.2, 0) is 40.5 Å². The quantitative estimate of drug-likeness (QED) is 0.0426. The van der Waals surface area contributed by atoms with Gasteiger partial charge in [-0.2, -0.15) is 43.9 Å². The molecule has 0 radical (unpaired) electrons. The van der Waals surface area contributed by atoms with Gasteiger partial charge in [-0.1, -0.05) is 12.1 Å². The standard InChI is InChI=1S/C33H26N8O15S4/c34-21-5-1-15-9-19(57(45,46)47)13-25(42)29(15)31(21)40-38-17-3-7-23(27(11-17)59(51,52)53)36-33(44)37-24-8-4-18(12-28(24)60(54,55)56)39-41-32-22(35)6-2-16-10-20(58(48,49)50)14-26(43)30(16)32/h1-14,42-43H,34-35H2,(H2,36,37,44)(H,45,46,47)(H,48,49,50)(H,51,52,53)(H,54,55,56). The van der Waals surface area contributed by atoms with Crippen LogP contribution in [0.1, 0.15) is 0 Å². The summed E-state index contributed by atoms with van der Waals surface area (Å²) >= 11 is 0. The molecule has 0 bridgehead atoms. The minimum atomic E-state index is -5.13. The molecule has 0 atom stereocenters. The van der Waals surface area contributed by atoms with E-state index < -0.39 is 89.0 Å². The molecule has 6 aromatic rings. The van der Waals surface area contributed by atoms with E-state index in [1.165, 1.54) is 24.3 Å². The van der Waals surface area contributed by atoms with Crippen molar-refractivity contribution >= 4 is 114 Å². The fraction of sp³-hybridized carbons (Fsp3) is 0. The normalized spacial score (nSPS) is 12.7. The van der Waals surface area contributed by atoms with Gasteiger partial charge in [0.1, 0.15) is 32.7 Å². The van der Waals surface area contributed by atoms with Gasteiger partial charge in [0, 0.05) is 12.1 Å². The van der Waals surface area contributed by atoms with Gasteiger partial charge in [-0.3, -0.25) is 18.2 Å². The Balaban J connectivity index is 1.28. The lowest BCUT2D eigenvalue weighted by atomic mass is 10.1. The second-order valence-corrected chi connectivity index (χ2v) is 18.0. The number of phenols is 2. The lowest BCUT2D eigenvalue weighted by molar-refractivity contribution is 0.262. The zero-order chi connectivity index (χ0) is 44.1. The molecule has 312 valence electrons. The fourth-order valence-electron chi connectivity index (χ4n) is 5.61. The maximum atomic E-state index is 13.1. The molecule has 2 amide bonds. The molecule has 0 aliphatic carbocycles. The van der Waals surface area contributed by atoms with E-state index in [1.54, 1.807) is 0 Å². The van der Waals surface area contributed by atoms with Crippen LogP contribution in [0.4, 0.5) is 50.3 Å². The van der Waals surface area contributed by atoms with E-state index in [0.29, 0.717) is 0 Å². The zero-order valence-electron chi connectivity index (χ0n) is 29.5. The monoisotopic (exact) mass is 902 g/mol. The molecule has 0 saturated carbocycles. The molecular formula is C33H26N8O15S4. The van der Waals surface area contributed by atoms with Gasteiger partial charge in [0.25, 0.3) is 40.5 Å². The maximum absolute atomic E-state index is 13.1. The van der Waals surface area contributed by atoms with Crippen molar-refractivity contribution in [3.63, 3.8) is 0 Å². The van der Waals surface area contributed by atoms with Gasteiger partial charge in [0.15, 0.2) is 0 Å². The van der Waals surface area contributed by atoms with Gasteiger partial charge in [-0.15, -0.1) is 10.2 Å². The number of benzene rings is 6. The molecule has 0 fully saturated rings. The third-order valence-corrected chi connectivity index (χ3v) is 11.7. The second kappa shape index (κ2) is 15.4. The van der Waals surface area contributed by atoms with Crippen LogP contribution in [-0.4, -0.2) is 68.1 Å². The summed E-state index contributed by atoms with van der Waals surface area (Å²) in [5.74, 6) is -1.31. The lowest BCUT2D eigenvalue weighted by Gasteiger charge is -2.13. The Morgan fingerprint density at radius 2 is 0.850 bits per heavy atom. The van der Waals surface area contributed by atoms with Gasteiger partial charge in [0.2, 0.25) is 0 Å². The average Bonchev–Trinajstić information content (AvgIpc) is 3.13. The van der Waals surface area contributed by atoms with Crippen molar-refractivity contribution in [2.75, 3.05) is 22.1 Å². The smallest absolute Gasteiger partial charge is 0.323 e. The van der Waals surface area contributed by atoms with Crippen molar-refractivity contribution in [1.82, 2.24) is 0 Å². The van der Waals surface area contributed by atoms with E-state index in [-0.39, 0.29) is 55.7 Å². The minimum Gasteiger partial charge on any atom is -0.507 e. The SMILES string of the molecule is Nc1ccc2cc(S(=O)(=O)O)cc(O)c2c1N=Nc1ccc(NC(=O)Nc2ccc(N=Nc3c(N)ccc4cc(S(=O)(=O)O)cc(O)c34)cc2S(=O)(=O)O)c(S(=O)(=O)O)c1. The van der Waals surface area contributed by atoms with Crippen LogP contribution < -0.4 is 22.1 Å². The number of rotatable bonds is 10. The van der Waals surface area contributed by atoms with Gasteiger partial charge < -0.3 is 32.3 Å². The third kappa shape index (κ3) is 9.06. The molecule has 27 heteroatoms. The highest BCUT2D eigenvalue weighted by Crippen LogP contribution is 2.42. The van der Waals surface area contributed by atoms with E-state index >= 15 is 0 Å². The number of phenolic OH excluding ortho intramolecular Hbond substituents is 2. The second-order valence-electron chi connectivity index (χ2n) is 12.3. The van der Waals surface area contributed by atoms with Crippen molar-refractivity contribution in [2.45, 2.75) is 19.6 Å². The van der Waals surface area contributed by atoms with E-state index in [1.807, 2.05) is 0 Å². The molecule has 6 rings (SSSR count). The predicted molar refractivity (Wildman–Crippen MR) is 213 cm³/mol. The summed E-state index contributed by atoms with van der Waals surface area (Å²) in [4.78, 5) is 9.93. The topological polar surface area (TPSA) is 401 Å².